The molecule has 0 radical (unpaired) electrons. The van der Waals surface area contributed by atoms with Gasteiger partial charge in [0, 0.05) is 30.0 Å². The Hall–Kier alpha value is -4.62. The lowest BCUT2D eigenvalue weighted by atomic mass is 10.2. The van der Waals surface area contributed by atoms with Crippen molar-refractivity contribution in [1.29, 1.82) is 0 Å². The molecule has 2 amide bonds. The Balaban J connectivity index is 2.15. The summed E-state index contributed by atoms with van der Waals surface area (Å²) in [6.07, 6.45) is 0.892. The number of aromatic nitrogens is 1. The van der Waals surface area contributed by atoms with Gasteiger partial charge in [0.25, 0.3) is 17.5 Å². The van der Waals surface area contributed by atoms with Gasteiger partial charge < -0.3 is 4.74 Å². The van der Waals surface area contributed by atoms with E-state index < -0.39 is 45.4 Å². The maximum absolute atomic E-state index is 12.1. The van der Waals surface area contributed by atoms with Gasteiger partial charge in [-0.2, -0.15) is 0 Å². The van der Waals surface area contributed by atoms with E-state index in [2.05, 4.69) is 4.74 Å². The van der Waals surface area contributed by atoms with Crippen LogP contribution in [0.1, 0.15) is 20.7 Å². The van der Waals surface area contributed by atoms with E-state index in [0.717, 1.165) is 19.4 Å². The largest absolute Gasteiger partial charge is 0.465 e. The van der Waals surface area contributed by atoms with Crippen LogP contribution in [0.5, 0.6) is 0 Å². The summed E-state index contributed by atoms with van der Waals surface area (Å²) in [5.41, 5.74) is 1.04. The zero-order valence-corrected chi connectivity index (χ0v) is 15.2. The fraction of sp³-hybridized carbons (Fsp3) is 0.125. The zero-order valence-electron chi connectivity index (χ0n) is 15.2. The molecule has 2 rings (SSSR count). The third-order valence-electron chi connectivity index (χ3n) is 3.63. The number of hydrogen-bond acceptors (Lipinski definition) is 9. The van der Waals surface area contributed by atoms with E-state index in [0.29, 0.717) is 10.6 Å². The van der Waals surface area contributed by atoms with Crippen molar-refractivity contribution >= 4 is 29.2 Å². The van der Waals surface area contributed by atoms with Gasteiger partial charge >= 0.3 is 17.2 Å². The fourth-order valence-electron chi connectivity index (χ4n) is 2.25. The van der Waals surface area contributed by atoms with Crippen molar-refractivity contribution in [2.45, 2.75) is 6.54 Å². The van der Waals surface area contributed by atoms with Crippen LogP contribution in [0, 0.1) is 20.2 Å². The van der Waals surface area contributed by atoms with Crippen molar-refractivity contribution < 1.29 is 29.0 Å². The second-order valence-electron chi connectivity index (χ2n) is 5.61. The van der Waals surface area contributed by atoms with E-state index in [4.69, 9.17) is 0 Å². The topological polar surface area (TPSA) is 193 Å². The third kappa shape index (κ3) is 5.00. The average molecular weight is 419 g/mol. The van der Waals surface area contributed by atoms with Gasteiger partial charge in [0.2, 0.25) is 0 Å². The van der Waals surface area contributed by atoms with Crippen molar-refractivity contribution in [1.82, 2.24) is 15.4 Å². The zero-order chi connectivity index (χ0) is 22.4. The molecule has 0 unspecified atom stereocenters. The number of nitrogens with one attached hydrogen (secondary N) is 2. The molecule has 1 heterocycles. The lowest BCUT2D eigenvalue weighted by Crippen LogP contribution is -2.44. The SMILES string of the molecule is COC(=O)c1cc([N+](=O)[O-])c(=O)n(CC(=O)NNC(=O)c2cccc([N+](=O)[O-])c2)c1. The van der Waals surface area contributed by atoms with Crippen LogP contribution in [-0.4, -0.2) is 39.3 Å². The summed E-state index contributed by atoms with van der Waals surface area (Å²) in [4.78, 5) is 67.8. The van der Waals surface area contributed by atoms with E-state index in [9.17, 15) is 39.4 Å². The first-order chi connectivity index (χ1) is 14.1. The summed E-state index contributed by atoms with van der Waals surface area (Å²) in [5, 5.41) is 21.7. The minimum Gasteiger partial charge on any atom is -0.465 e. The van der Waals surface area contributed by atoms with Crippen LogP contribution in [0.15, 0.2) is 41.3 Å². The summed E-state index contributed by atoms with van der Waals surface area (Å²) in [6, 6.07) is 5.40. The number of pyridine rings is 1. The van der Waals surface area contributed by atoms with Crippen LogP contribution in [0.25, 0.3) is 0 Å². The number of carbonyl (C=O) groups is 3. The highest BCUT2D eigenvalue weighted by atomic mass is 16.6. The van der Waals surface area contributed by atoms with Crippen LogP contribution in [-0.2, 0) is 16.1 Å². The molecule has 1 aromatic carbocycles. The van der Waals surface area contributed by atoms with Crippen LogP contribution >= 0.6 is 0 Å². The molecular weight excluding hydrogens is 406 g/mol. The number of hydrazine groups is 1. The average Bonchev–Trinajstić information content (AvgIpc) is 2.72. The Labute approximate surface area is 166 Å². The third-order valence-corrected chi connectivity index (χ3v) is 3.63. The van der Waals surface area contributed by atoms with E-state index >= 15 is 0 Å². The van der Waals surface area contributed by atoms with Gasteiger partial charge in [-0.25, -0.2) is 4.79 Å². The Morgan fingerprint density at radius 1 is 1.07 bits per heavy atom. The highest BCUT2D eigenvalue weighted by Gasteiger charge is 2.21. The van der Waals surface area contributed by atoms with Crippen molar-refractivity contribution in [2.24, 2.45) is 0 Å². The number of amides is 2. The number of rotatable bonds is 6. The molecule has 0 aliphatic carbocycles. The van der Waals surface area contributed by atoms with Gasteiger partial charge in [0.05, 0.1) is 22.5 Å². The molecular formula is C16H13N5O9. The first kappa shape index (κ1) is 21.7. The number of methoxy groups -OCH3 is 1. The quantitative estimate of drug-likeness (QED) is 0.366. The Morgan fingerprint density at radius 2 is 1.77 bits per heavy atom. The lowest BCUT2D eigenvalue weighted by molar-refractivity contribution is -0.386. The lowest BCUT2D eigenvalue weighted by Gasteiger charge is -2.10. The number of nitro groups is 2. The van der Waals surface area contributed by atoms with Crippen LogP contribution in [0.2, 0.25) is 0 Å². The van der Waals surface area contributed by atoms with Crippen LogP contribution < -0.4 is 16.4 Å². The molecule has 156 valence electrons. The number of esters is 1. The Kier molecular flexibility index (Phi) is 6.54. The predicted octanol–water partition coefficient (Wildman–Crippen LogP) is -0.0875. The second-order valence-corrected chi connectivity index (χ2v) is 5.61. The van der Waals surface area contributed by atoms with E-state index in [1.807, 2.05) is 10.9 Å². The summed E-state index contributed by atoms with van der Waals surface area (Å²) in [7, 11) is 1.03. The van der Waals surface area contributed by atoms with E-state index in [1.54, 1.807) is 0 Å². The highest BCUT2D eigenvalue weighted by molar-refractivity contribution is 5.96. The van der Waals surface area contributed by atoms with Gasteiger partial charge in [-0.05, 0) is 6.07 Å². The molecule has 2 aromatic rings. The van der Waals surface area contributed by atoms with Gasteiger partial charge in [0.1, 0.15) is 6.54 Å². The van der Waals surface area contributed by atoms with E-state index in [-0.39, 0.29) is 16.8 Å². The summed E-state index contributed by atoms with van der Waals surface area (Å²) < 4.78 is 5.04. The van der Waals surface area contributed by atoms with Crippen molar-refractivity contribution in [3.63, 3.8) is 0 Å². The number of hydrogen-bond donors (Lipinski definition) is 2. The summed E-state index contributed by atoms with van der Waals surface area (Å²) >= 11 is 0. The first-order valence-corrected chi connectivity index (χ1v) is 7.95. The molecule has 0 saturated carbocycles. The van der Waals surface area contributed by atoms with Crippen molar-refractivity contribution in [2.75, 3.05) is 7.11 Å². The molecule has 0 atom stereocenters. The molecule has 2 N–H and O–H groups in total. The number of nitro benzene ring substituents is 1. The smallest absolute Gasteiger partial charge is 0.339 e. The van der Waals surface area contributed by atoms with Crippen LogP contribution in [0.3, 0.4) is 0 Å². The van der Waals surface area contributed by atoms with Crippen molar-refractivity contribution in [3.05, 3.63) is 78.2 Å². The predicted molar refractivity (Wildman–Crippen MR) is 97.4 cm³/mol. The van der Waals surface area contributed by atoms with E-state index in [1.165, 1.54) is 18.2 Å². The van der Waals surface area contributed by atoms with Gasteiger partial charge in [0.15, 0.2) is 0 Å². The standard InChI is InChI=1S/C16H13N5O9/c1-30-16(25)10-6-12(21(28)29)15(24)19(7-10)8-13(22)17-18-14(23)9-3-2-4-11(5-9)20(26)27/h2-7H,8H2,1H3,(H,17,22)(H,18,23). The molecule has 0 fully saturated rings. The number of carbonyl (C=O) groups excluding carboxylic acids is 3. The first-order valence-electron chi connectivity index (χ1n) is 7.95. The molecule has 0 bridgehead atoms. The van der Waals surface area contributed by atoms with Crippen molar-refractivity contribution in [3.8, 4) is 0 Å². The molecule has 30 heavy (non-hydrogen) atoms. The Morgan fingerprint density at radius 3 is 2.37 bits per heavy atom. The molecule has 0 spiro atoms. The monoisotopic (exact) mass is 419 g/mol. The second kappa shape index (κ2) is 9.05. The summed E-state index contributed by atoms with van der Waals surface area (Å²) in [5.74, 6) is -2.81. The highest BCUT2D eigenvalue weighted by Crippen LogP contribution is 2.13. The molecule has 14 heteroatoms. The molecule has 0 saturated heterocycles. The molecule has 0 aliphatic rings. The number of nitrogens with zero attached hydrogens (tertiary/aromatic N) is 3. The maximum Gasteiger partial charge on any atom is 0.339 e. The minimum absolute atomic E-state index is 0.120. The molecule has 0 aliphatic heterocycles. The number of non-ortho nitro benzene ring substituents is 1. The fourth-order valence-corrected chi connectivity index (χ4v) is 2.25. The van der Waals surface area contributed by atoms with Crippen LogP contribution in [0.4, 0.5) is 11.4 Å². The number of benzene rings is 1. The number of ether oxygens (including phenoxy) is 1. The normalized spacial score (nSPS) is 10.0. The molecule has 14 nitrogen and oxygen atoms in total. The Bertz CT molecular complexity index is 1110. The maximum atomic E-state index is 12.1. The van der Waals surface area contributed by atoms with Gasteiger partial charge in [-0.3, -0.25) is 50.0 Å². The summed E-state index contributed by atoms with van der Waals surface area (Å²) in [6.45, 7) is -0.778. The van der Waals surface area contributed by atoms with Gasteiger partial charge in [-0.1, -0.05) is 6.07 Å². The van der Waals surface area contributed by atoms with Gasteiger partial charge in [-0.15, -0.1) is 0 Å². The molecule has 1 aromatic heterocycles. The minimum atomic E-state index is -1.16.